The van der Waals surface area contributed by atoms with Gasteiger partial charge in [-0.15, -0.1) is 0 Å². The molecule has 25 nitrogen and oxygen atoms in total. The number of aromatic hydroxyl groups is 1. The lowest BCUT2D eigenvalue weighted by atomic mass is 10.0. The first-order valence-corrected chi connectivity index (χ1v) is 24.2. The van der Waals surface area contributed by atoms with Crippen LogP contribution in [-0.2, 0) is 60.8 Å². The molecule has 9 atom stereocenters. The minimum absolute atomic E-state index is 0.0836. The van der Waals surface area contributed by atoms with Crippen LogP contribution in [0.5, 0.6) is 5.75 Å². The summed E-state index contributed by atoms with van der Waals surface area (Å²) >= 11 is 0. The van der Waals surface area contributed by atoms with E-state index in [2.05, 4.69) is 31.9 Å². The Morgan fingerprint density at radius 1 is 0.699 bits per heavy atom. The zero-order valence-electron chi connectivity index (χ0n) is 40.7. The van der Waals surface area contributed by atoms with Crippen LogP contribution in [0.2, 0.25) is 0 Å². The number of aliphatic hydroxyl groups is 2. The molecule has 0 bridgehead atoms. The summed E-state index contributed by atoms with van der Waals surface area (Å²) in [6, 6.07) is 3.64. The summed E-state index contributed by atoms with van der Waals surface area (Å²) in [6.07, 6.45) is 0.337. The lowest BCUT2D eigenvalue weighted by molar-refractivity contribution is -0.149. The lowest BCUT2D eigenvalue weighted by Crippen LogP contribution is -2.60. The van der Waals surface area contributed by atoms with E-state index in [-0.39, 0.29) is 63.8 Å². The van der Waals surface area contributed by atoms with Gasteiger partial charge in [-0.05, 0) is 81.7 Å². The zero-order chi connectivity index (χ0) is 53.8. The van der Waals surface area contributed by atoms with Gasteiger partial charge in [0, 0.05) is 32.4 Å². The van der Waals surface area contributed by atoms with Crippen LogP contribution in [0.25, 0.3) is 0 Å². The summed E-state index contributed by atoms with van der Waals surface area (Å²) in [6.45, 7) is 0.0710. The molecule has 2 fully saturated rings. The number of carbonyl (C=O) groups excluding carboxylic acids is 9. The number of aliphatic hydroxyl groups excluding tert-OH is 2. The molecule has 16 N–H and O–H groups in total. The van der Waals surface area contributed by atoms with Crippen molar-refractivity contribution in [3.8, 4) is 5.75 Å². The highest BCUT2D eigenvalue weighted by atomic mass is 16.4. The van der Waals surface area contributed by atoms with Gasteiger partial charge in [-0.2, -0.15) is 0 Å². The van der Waals surface area contributed by atoms with Gasteiger partial charge in [0.2, 0.25) is 53.2 Å². The predicted molar refractivity (Wildman–Crippen MR) is 260 cm³/mol. The first-order chi connectivity index (χ1) is 34.7. The van der Waals surface area contributed by atoms with Crippen molar-refractivity contribution in [1.82, 2.24) is 41.7 Å². The number of phenolic OH excluding ortho intramolecular Hbond substituents is 1. The molecule has 4 rings (SSSR count). The van der Waals surface area contributed by atoms with Gasteiger partial charge in [0.25, 0.3) is 0 Å². The van der Waals surface area contributed by atoms with Gasteiger partial charge in [-0.25, -0.2) is 4.79 Å². The van der Waals surface area contributed by atoms with Crippen molar-refractivity contribution in [2.24, 2.45) is 17.2 Å². The van der Waals surface area contributed by atoms with Gasteiger partial charge < -0.3 is 79.3 Å². The van der Waals surface area contributed by atoms with Gasteiger partial charge in [0.1, 0.15) is 42.0 Å². The summed E-state index contributed by atoms with van der Waals surface area (Å²) in [5, 5.41) is 54.2. The van der Waals surface area contributed by atoms with E-state index >= 15 is 0 Å². The van der Waals surface area contributed by atoms with E-state index < -0.39 is 127 Å². The van der Waals surface area contributed by atoms with E-state index in [1.807, 2.05) is 0 Å². The highest BCUT2D eigenvalue weighted by Crippen LogP contribution is 2.26. The second kappa shape index (κ2) is 28.7. The number of carboxylic acid groups (broad SMARTS) is 1. The topological polar surface area (TPSA) is 408 Å². The standard InChI is InChI=1S/C48H69N11O14/c1-27(61)40(48(72)73)57-45(69)36-12-7-21-58(36)47(71)37-13-8-22-59(37)46(70)34(24-28-9-3-2-4-10-28)56-44(68)35(26-60)53-39(64)25-52-42(66)33(23-29-14-16-30(62)17-15-29)55-43(67)32(18-19-38(51)63)54-41(65)31(50)11-5-6-20-49/h2-4,9-10,14-17,27,31-37,40,60-62H,5-8,11-13,18-26,49-50H2,1H3,(H2,51,63)(H,52,66)(H,53,64)(H,54,65)(H,55,67)(H,56,68)(H,57,69)(H,72,73)/t27-,31+,32+,33+,34+,35+,36+,37+,40+/m1/s1. The number of phenols is 1. The molecule has 2 aromatic carbocycles. The number of carboxylic acids is 1. The first kappa shape index (κ1) is 58.4. The summed E-state index contributed by atoms with van der Waals surface area (Å²) in [7, 11) is 0. The fourth-order valence-electron chi connectivity index (χ4n) is 8.50. The van der Waals surface area contributed by atoms with Crippen LogP contribution in [0.3, 0.4) is 0 Å². The normalized spacial score (nSPS) is 18.2. The van der Waals surface area contributed by atoms with Crippen molar-refractivity contribution in [3.05, 3.63) is 65.7 Å². The molecule has 2 aromatic rings. The van der Waals surface area contributed by atoms with Crippen LogP contribution in [0.1, 0.15) is 75.8 Å². The van der Waals surface area contributed by atoms with Crippen LogP contribution >= 0.6 is 0 Å². The molecule has 0 unspecified atom stereocenters. The predicted octanol–water partition coefficient (Wildman–Crippen LogP) is -4.12. The number of amides is 9. The van der Waals surface area contributed by atoms with Gasteiger partial charge in [-0.3, -0.25) is 43.2 Å². The van der Waals surface area contributed by atoms with Crippen LogP contribution in [-0.4, -0.2) is 177 Å². The Morgan fingerprint density at radius 2 is 1.29 bits per heavy atom. The maximum atomic E-state index is 14.4. The quantitative estimate of drug-likeness (QED) is 0.0360. The maximum absolute atomic E-state index is 14.4. The van der Waals surface area contributed by atoms with Crippen LogP contribution in [0, 0.1) is 0 Å². The van der Waals surface area contributed by atoms with Crippen molar-refractivity contribution in [1.29, 1.82) is 0 Å². The Labute approximate surface area is 421 Å². The number of nitrogens with two attached hydrogens (primary N) is 3. The monoisotopic (exact) mass is 1020 g/mol. The smallest absolute Gasteiger partial charge is 0.328 e. The van der Waals surface area contributed by atoms with Crippen LogP contribution < -0.4 is 49.1 Å². The molecule has 2 aliphatic heterocycles. The Morgan fingerprint density at radius 3 is 1.90 bits per heavy atom. The number of nitrogens with one attached hydrogen (secondary N) is 6. The first-order valence-electron chi connectivity index (χ1n) is 24.2. The summed E-state index contributed by atoms with van der Waals surface area (Å²) in [5.74, 6) is -8.80. The maximum Gasteiger partial charge on any atom is 0.328 e. The highest BCUT2D eigenvalue weighted by Gasteiger charge is 2.44. The summed E-state index contributed by atoms with van der Waals surface area (Å²) in [5.41, 5.74) is 17.9. The minimum atomic E-state index is -1.67. The van der Waals surface area contributed by atoms with Crippen molar-refractivity contribution >= 4 is 59.1 Å². The average molecular weight is 1020 g/mol. The molecule has 0 aliphatic carbocycles. The number of primary amides is 1. The molecule has 9 amide bonds. The molecular formula is C48H69N11O14. The molecule has 2 heterocycles. The van der Waals surface area contributed by atoms with E-state index in [0.29, 0.717) is 43.4 Å². The number of carbonyl (C=O) groups is 10. The Bertz CT molecular complexity index is 2250. The molecule has 400 valence electrons. The molecule has 0 spiro atoms. The van der Waals surface area contributed by atoms with E-state index in [4.69, 9.17) is 17.2 Å². The second-order valence-electron chi connectivity index (χ2n) is 18.1. The Kier molecular flexibility index (Phi) is 23.0. The lowest BCUT2D eigenvalue weighted by Gasteiger charge is -2.33. The number of benzene rings is 2. The fraction of sp³-hybridized carbons (Fsp3) is 0.542. The van der Waals surface area contributed by atoms with Gasteiger partial charge >= 0.3 is 5.97 Å². The highest BCUT2D eigenvalue weighted by molar-refractivity contribution is 5.98. The molecule has 0 saturated carbocycles. The summed E-state index contributed by atoms with van der Waals surface area (Å²) in [4.78, 5) is 135. The number of unbranched alkanes of at least 4 members (excludes halogenated alkanes) is 1. The number of rotatable bonds is 28. The van der Waals surface area contributed by atoms with Gasteiger partial charge in [0.05, 0.1) is 25.3 Å². The molecule has 0 aromatic heterocycles. The third-order valence-corrected chi connectivity index (χ3v) is 12.5. The number of hydrogen-bond donors (Lipinski definition) is 13. The van der Waals surface area contributed by atoms with Gasteiger partial charge in [0.15, 0.2) is 6.04 Å². The number of aliphatic carboxylic acids is 1. The number of likely N-dealkylation sites (tertiary alicyclic amines) is 2. The number of hydrogen-bond acceptors (Lipinski definition) is 15. The molecule has 0 radical (unpaired) electrons. The van der Waals surface area contributed by atoms with E-state index in [1.165, 1.54) is 41.0 Å². The SMILES string of the molecule is C[C@@H](O)[C@H](NC(=O)[C@@H]1CCCN1C(=O)[C@@H]1CCCN1C(=O)[C@H](Cc1ccccc1)NC(=O)[C@H](CO)NC(=O)CNC(=O)[C@H](Cc1ccc(O)cc1)NC(=O)[C@H](CCC(N)=O)NC(=O)[C@@H](N)CCCCN)C(=O)O. The second-order valence-corrected chi connectivity index (χ2v) is 18.1. The zero-order valence-corrected chi connectivity index (χ0v) is 40.7. The Hall–Kier alpha value is -7.22. The third-order valence-electron chi connectivity index (χ3n) is 12.5. The minimum Gasteiger partial charge on any atom is -0.508 e. The van der Waals surface area contributed by atoms with Crippen LogP contribution in [0.4, 0.5) is 0 Å². The van der Waals surface area contributed by atoms with Crippen molar-refractivity contribution in [2.75, 3.05) is 32.8 Å². The van der Waals surface area contributed by atoms with Gasteiger partial charge in [-0.1, -0.05) is 48.9 Å². The van der Waals surface area contributed by atoms with E-state index in [9.17, 15) is 68.4 Å². The van der Waals surface area contributed by atoms with Crippen molar-refractivity contribution in [2.45, 2.75) is 132 Å². The average Bonchev–Trinajstić information content (AvgIpc) is 4.07. The van der Waals surface area contributed by atoms with Crippen LogP contribution in [0.15, 0.2) is 54.6 Å². The van der Waals surface area contributed by atoms with E-state index in [0.717, 1.165) is 0 Å². The van der Waals surface area contributed by atoms with E-state index in [1.54, 1.807) is 30.3 Å². The van der Waals surface area contributed by atoms with Crippen molar-refractivity contribution in [3.63, 3.8) is 0 Å². The molecule has 25 heteroatoms. The molecule has 2 aliphatic rings. The van der Waals surface area contributed by atoms with Crippen molar-refractivity contribution < 1.29 is 68.4 Å². The number of nitrogens with zero attached hydrogens (tertiary/aromatic N) is 2. The molecular weight excluding hydrogens is 955 g/mol. The third kappa shape index (κ3) is 17.8. The fourth-order valence-corrected chi connectivity index (χ4v) is 8.50. The molecule has 73 heavy (non-hydrogen) atoms. The summed E-state index contributed by atoms with van der Waals surface area (Å²) < 4.78 is 0. The largest absolute Gasteiger partial charge is 0.508 e. The Balaban J connectivity index is 1.46. The molecule has 2 saturated heterocycles.